The minimum Gasteiger partial charge on any atom is -0.508 e. The summed E-state index contributed by atoms with van der Waals surface area (Å²) >= 11 is 0. The van der Waals surface area contributed by atoms with Crippen molar-refractivity contribution in [1.82, 2.24) is 0 Å². The van der Waals surface area contributed by atoms with Crippen molar-refractivity contribution >= 4 is 0 Å². The molecule has 1 N–H and O–H groups in total. The molecule has 0 aromatic rings. The van der Waals surface area contributed by atoms with Crippen molar-refractivity contribution in [3.8, 4) is 0 Å². The molecule has 2 heteroatoms. The lowest BCUT2D eigenvalue weighted by atomic mass is 9.87. The lowest BCUT2D eigenvalue weighted by Crippen LogP contribution is -2.14. The van der Waals surface area contributed by atoms with Gasteiger partial charge in [0.25, 0.3) is 0 Å². The van der Waals surface area contributed by atoms with Crippen molar-refractivity contribution in [1.29, 1.82) is 0 Å². The lowest BCUT2D eigenvalue weighted by Gasteiger charge is -2.21. The van der Waals surface area contributed by atoms with Gasteiger partial charge in [-0.05, 0) is 36.5 Å². The van der Waals surface area contributed by atoms with Gasteiger partial charge < -0.3 is 9.84 Å². The zero-order valence-electron chi connectivity index (χ0n) is 7.42. The second-order valence-electron chi connectivity index (χ2n) is 3.78. The molecule has 1 atom stereocenters. The van der Waals surface area contributed by atoms with Crippen LogP contribution >= 0.6 is 0 Å². The maximum atomic E-state index is 9.56. The van der Waals surface area contributed by atoms with Gasteiger partial charge in [-0.1, -0.05) is 6.08 Å². The van der Waals surface area contributed by atoms with E-state index in [1.54, 1.807) is 6.08 Å². The van der Waals surface area contributed by atoms with Gasteiger partial charge in [0, 0.05) is 5.57 Å². The summed E-state index contributed by atoms with van der Waals surface area (Å²) < 4.78 is 5.60. The highest BCUT2D eigenvalue weighted by Gasteiger charge is 2.32. The number of ether oxygens (including phenoxy) is 1. The van der Waals surface area contributed by atoms with Crippen molar-refractivity contribution in [3.63, 3.8) is 0 Å². The predicted octanol–water partition coefficient (Wildman–Crippen LogP) is 2.25. The van der Waals surface area contributed by atoms with Crippen molar-refractivity contribution in [2.24, 2.45) is 0 Å². The molecule has 0 aromatic heterocycles. The fraction of sp³-hybridized carbons (Fsp3) is 0.455. The molecule has 1 heterocycles. The summed E-state index contributed by atoms with van der Waals surface area (Å²) in [6.07, 6.45) is 7.22. The molecule has 0 bridgehead atoms. The minimum atomic E-state index is 0.342. The molecular weight excluding hydrogens is 164 g/mol. The number of hydrogen-bond acceptors (Lipinski definition) is 2. The Hall–Kier alpha value is -1.02. The predicted molar refractivity (Wildman–Crippen MR) is 49.4 cm³/mol. The third kappa shape index (κ3) is 0.923. The van der Waals surface area contributed by atoms with Gasteiger partial charge in [0.05, 0.1) is 12.7 Å². The Morgan fingerprint density at radius 2 is 2.23 bits per heavy atom. The van der Waals surface area contributed by atoms with Crippen LogP contribution in [0, 0.1) is 0 Å². The molecule has 0 radical (unpaired) electrons. The zero-order chi connectivity index (χ0) is 8.84. The molecule has 1 fully saturated rings. The number of allylic oxidation sites excluding steroid dienone is 4. The first-order valence-corrected chi connectivity index (χ1v) is 4.81. The highest BCUT2D eigenvalue weighted by molar-refractivity contribution is 5.56. The van der Waals surface area contributed by atoms with Crippen molar-refractivity contribution < 1.29 is 9.84 Å². The summed E-state index contributed by atoms with van der Waals surface area (Å²) in [4.78, 5) is 0. The fourth-order valence-electron chi connectivity index (χ4n) is 2.48. The van der Waals surface area contributed by atoms with E-state index in [-0.39, 0.29) is 0 Å². The number of rotatable bonds is 0. The topological polar surface area (TPSA) is 29.5 Å². The number of aliphatic hydroxyl groups excluding tert-OH is 1. The quantitative estimate of drug-likeness (QED) is 0.613. The third-order valence-corrected chi connectivity index (χ3v) is 3.12. The van der Waals surface area contributed by atoms with E-state index >= 15 is 0 Å². The summed E-state index contributed by atoms with van der Waals surface area (Å²) in [7, 11) is 0. The molecule has 3 rings (SSSR count). The highest BCUT2D eigenvalue weighted by atomic mass is 16.5. The Morgan fingerprint density at radius 1 is 1.31 bits per heavy atom. The molecule has 68 valence electrons. The van der Waals surface area contributed by atoms with Crippen LogP contribution in [0.15, 0.2) is 34.6 Å². The SMILES string of the molecule is OC1=C2CCC3OCCC3=C2C=C1. The van der Waals surface area contributed by atoms with E-state index in [1.807, 2.05) is 6.08 Å². The normalized spacial score (nSPS) is 31.2. The van der Waals surface area contributed by atoms with E-state index in [2.05, 4.69) is 0 Å². The maximum absolute atomic E-state index is 9.56. The number of hydrogen-bond donors (Lipinski definition) is 1. The standard InChI is InChI=1S/C11H12O2/c12-10-3-1-7-8(10)2-4-11-9(7)5-6-13-11/h1,3,11-12H,2,4-6H2. The molecule has 0 saturated carbocycles. The molecular formula is C11H12O2. The largest absolute Gasteiger partial charge is 0.508 e. The van der Waals surface area contributed by atoms with Crippen LogP contribution in [0.4, 0.5) is 0 Å². The van der Waals surface area contributed by atoms with Gasteiger partial charge in [0.1, 0.15) is 5.76 Å². The van der Waals surface area contributed by atoms with Crippen molar-refractivity contribution in [3.05, 3.63) is 34.6 Å². The Balaban J connectivity index is 2.14. The molecule has 0 aromatic carbocycles. The summed E-state index contributed by atoms with van der Waals surface area (Å²) in [5, 5.41) is 9.56. The second kappa shape index (κ2) is 2.48. The van der Waals surface area contributed by atoms with Gasteiger partial charge >= 0.3 is 0 Å². The number of aliphatic hydroxyl groups is 1. The van der Waals surface area contributed by atoms with Crippen LogP contribution in [0.3, 0.4) is 0 Å². The average molecular weight is 176 g/mol. The molecule has 3 aliphatic rings. The fourth-order valence-corrected chi connectivity index (χ4v) is 2.48. The average Bonchev–Trinajstić information content (AvgIpc) is 2.70. The lowest BCUT2D eigenvalue weighted by molar-refractivity contribution is 0.116. The van der Waals surface area contributed by atoms with Gasteiger partial charge in [-0.25, -0.2) is 0 Å². The second-order valence-corrected chi connectivity index (χ2v) is 3.78. The first kappa shape index (κ1) is 7.39. The molecule has 2 aliphatic carbocycles. The summed E-state index contributed by atoms with van der Waals surface area (Å²) in [5.41, 5.74) is 3.80. The van der Waals surface area contributed by atoms with E-state index in [1.165, 1.54) is 11.1 Å². The monoisotopic (exact) mass is 176 g/mol. The van der Waals surface area contributed by atoms with E-state index < -0.39 is 0 Å². The van der Waals surface area contributed by atoms with Gasteiger partial charge in [0.15, 0.2) is 0 Å². The molecule has 0 spiro atoms. The molecule has 1 unspecified atom stereocenters. The van der Waals surface area contributed by atoms with Crippen LogP contribution in [0.1, 0.15) is 19.3 Å². The van der Waals surface area contributed by atoms with Gasteiger partial charge in [0.2, 0.25) is 0 Å². The van der Waals surface area contributed by atoms with Crippen LogP contribution in [0.2, 0.25) is 0 Å². The first-order chi connectivity index (χ1) is 6.36. The first-order valence-electron chi connectivity index (χ1n) is 4.81. The molecule has 2 nitrogen and oxygen atoms in total. The Morgan fingerprint density at radius 3 is 3.15 bits per heavy atom. The van der Waals surface area contributed by atoms with Crippen LogP contribution < -0.4 is 0 Å². The Labute approximate surface area is 77.2 Å². The van der Waals surface area contributed by atoms with Crippen molar-refractivity contribution in [2.75, 3.05) is 6.61 Å². The van der Waals surface area contributed by atoms with Gasteiger partial charge in [-0.3, -0.25) is 0 Å². The minimum absolute atomic E-state index is 0.342. The molecule has 0 amide bonds. The number of fused-ring (bicyclic) bond motifs is 2. The third-order valence-electron chi connectivity index (χ3n) is 3.12. The van der Waals surface area contributed by atoms with E-state index in [9.17, 15) is 5.11 Å². The van der Waals surface area contributed by atoms with Gasteiger partial charge in [-0.15, -0.1) is 0 Å². The Bertz CT molecular complexity index is 347. The molecule has 13 heavy (non-hydrogen) atoms. The van der Waals surface area contributed by atoms with E-state index in [0.29, 0.717) is 11.9 Å². The van der Waals surface area contributed by atoms with Crippen molar-refractivity contribution in [2.45, 2.75) is 25.4 Å². The molecule has 1 aliphatic heterocycles. The maximum Gasteiger partial charge on any atom is 0.119 e. The summed E-state index contributed by atoms with van der Waals surface area (Å²) in [6, 6.07) is 0. The van der Waals surface area contributed by atoms with E-state index in [0.717, 1.165) is 31.4 Å². The van der Waals surface area contributed by atoms with Crippen LogP contribution in [-0.4, -0.2) is 17.8 Å². The van der Waals surface area contributed by atoms with E-state index in [4.69, 9.17) is 4.74 Å². The highest BCUT2D eigenvalue weighted by Crippen LogP contribution is 2.41. The summed E-state index contributed by atoms with van der Waals surface area (Å²) in [5.74, 6) is 0.466. The van der Waals surface area contributed by atoms with Gasteiger partial charge in [-0.2, -0.15) is 0 Å². The smallest absolute Gasteiger partial charge is 0.119 e. The zero-order valence-corrected chi connectivity index (χ0v) is 7.42. The summed E-state index contributed by atoms with van der Waals surface area (Å²) in [6.45, 7) is 0.853. The van der Waals surface area contributed by atoms with Crippen LogP contribution in [0.25, 0.3) is 0 Å². The van der Waals surface area contributed by atoms with Crippen LogP contribution in [0.5, 0.6) is 0 Å². The Kier molecular flexibility index (Phi) is 1.41. The van der Waals surface area contributed by atoms with Crippen LogP contribution in [-0.2, 0) is 4.74 Å². The molecule has 1 saturated heterocycles.